The zero-order valence-electron chi connectivity index (χ0n) is 19.3. The molecule has 1 aromatic carbocycles. The Bertz CT molecular complexity index is 1250. The molecule has 2 aromatic heterocycles. The van der Waals surface area contributed by atoms with E-state index in [1.165, 1.54) is 19.2 Å². The van der Waals surface area contributed by atoms with Gasteiger partial charge in [0.15, 0.2) is 11.6 Å². The number of amides is 1. The lowest BCUT2D eigenvalue weighted by Gasteiger charge is -2.42. The van der Waals surface area contributed by atoms with Crippen molar-refractivity contribution in [1.29, 1.82) is 0 Å². The molecule has 2 aliphatic heterocycles. The predicted octanol–water partition coefficient (Wildman–Crippen LogP) is 2.67. The van der Waals surface area contributed by atoms with Crippen molar-refractivity contribution >= 4 is 22.6 Å². The fourth-order valence-corrected chi connectivity index (χ4v) is 5.21. The van der Waals surface area contributed by atoms with E-state index in [0.29, 0.717) is 24.5 Å². The molecule has 2 aliphatic rings. The molecule has 1 unspecified atom stereocenters. The molecule has 34 heavy (non-hydrogen) atoms. The maximum absolute atomic E-state index is 14.5. The molecule has 0 saturated carbocycles. The quantitative estimate of drug-likeness (QED) is 0.617. The first-order chi connectivity index (χ1) is 16.5. The van der Waals surface area contributed by atoms with E-state index < -0.39 is 5.82 Å². The normalized spacial score (nSPS) is 19.9. The van der Waals surface area contributed by atoms with Gasteiger partial charge in [0.1, 0.15) is 11.5 Å². The van der Waals surface area contributed by atoms with Crippen LogP contribution in [0.3, 0.4) is 0 Å². The third-order valence-electron chi connectivity index (χ3n) is 7.04. The number of rotatable bonds is 4. The van der Waals surface area contributed by atoms with Crippen LogP contribution in [0.1, 0.15) is 47.9 Å². The third kappa shape index (κ3) is 4.40. The van der Waals surface area contributed by atoms with E-state index in [4.69, 9.17) is 4.98 Å². The van der Waals surface area contributed by atoms with Gasteiger partial charge in [-0.1, -0.05) is 12.1 Å². The fourth-order valence-electron chi connectivity index (χ4n) is 5.21. The van der Waals surface area contributed by atoms with Crippen LogP contribution in [-0.2, 0) is 0 Å². The van der Waals surface area contributed by atoms with Gasteiger partial charge in [0.05, 0.1) is 10.9 Å². The zero-order chi connectivity index (χ0) is 23.7. The maximum Gasteiger partial charge on any atom is 0.269 e. The molecule has 178 valence electrons. The molecule has 2 fully saturated rings. The van der Waals surface area contributed by atoms with Crippen LogP contribution in [0, 0.1) is 5.82 Å². The molecule has 0 aliphatic carbocycles. The summed E-state index contributed by atoms with van der Waals surface area (Å²) >= 11 is 0. The summed E-state index contributed by atoms with van der Waals surface area (Å²) in [6.07, 6.45) is 3.82. The number of fused-ring (bicyclic) bond motifs is 1. The minimum absolute atomic E-state index is 0.0838. The number of hydrogen-bond acceptors (Lipinski definition) is 6. The Hall–Kier alpha value is -3.33. The first-order valence-corrected chi connectivity index (χ1v) is 11.9. The summed E-state index contributed by atoms with van der Waals surface area (Å²) in [5, 5.41) is 3.15. The number of nitrogens with zero attached hydrogens (tertiary/aromatic N) is 4. The van der Waals surface area contributed by atoms with Crippen LogP contribution in [0.2, 0.25) is 0 Å². The van der Waals surface area contributed by atoms with Crippen molar-refractivity contribution in [3.05, 3.63) is 64.1 Å². The van der Waals surface area contributed by atoms with Crippen molar-refractivity contribution < 1.29 is 9.18 Å². The Labute approximate surface area is 197 Å². The number of likely N-dealkylation sites (tertiary alicyclic amines) is 1. The van der Waals surface area contributed by atoms with Gasteiger partial charge < -0.3 is 15.2 Å². The first kappa shape index (κ1) is 22.5. The van der Waals surface area contributed by atoms with Crippen LogP contribution >= 0.6 is 0 Å². The van der Waals surface area contributed by atoms with Gasteiger partial charge >= 0.3 is 0 Å². The molecule has 4 heterocycles. The van der Waals surface area contributed by atoms with Crippen molar-refractivity contribution in [2.75, 3.05) is 38.1 Å². The number of para-hydroxylation sites is 1. The summed E-state index contributed by atoms with van der Waals surface area (Å²) in [5.74, 6) is 0.468. The third-order valence-corrected chi connectivity index (χ3v) is 7.04. The van der Waals surface area contributed by atoms with E-state index in [1.54, 1.807) is 6.07 Å². The minimum atomic E-state index is -0.407. The summed E-state index contributed by atoms with van der Waals surface area (Å²) in [6, 6.07) is 10.5. The van der Waals surface area contributed by atoms with Gasteiger partial charge in [0.25, 0.3) is 11.5 Å². The average Bonchev–Trinajstić information content (AvgIpc) is 2.89. The van der Waals surface area contributed by atoms with Gasteiger partial charge in [-0.25, -0.2) is 14.4 Å². The fraction of sp³-hybridized carbons (Fsp3) is 0.440. The number of piperidine rings is 2. The average molecular weight is 465 g/mol. The Morgan fingerprint density at radius 2 is 1.88 bits per heavy atom. The molecule has 3 aromatic rings. The van der Waals surface area contributed by atoms with Gasteiger partial charge in [-0.15, -0.1) is 0 Å². The van der Waals surface area contributed by atoms with E-state index in [1.807, 2.05) is 23.1 Å². The topological polar surface area (TPSA) is 94.2 Å². The highest BCUT2D eigenvalue weighted by atomic mass is 19.1. The SMILES string of the molecule is CNC(=O)c1ccc(F)c(N2CCC(N3CCCC(c4nc5ccccc5c(=O)[nH]4)C3)CC2)n1. The van der Waals surface area contributed by atoms with Crippen LogP contribution < -0.4 is 15.8 Å². The number of carbonyl (C=O) groups excluding carboxylic acids is 1. The molecule has 0 spiro atoms. The molecule has 1 atom stereocenters. The van der Waals surface area contributed by atoms with Gasteiger partial charge in [-0.05, 0) is 56.5 Å². The number of carbonyl (C=O) groups is 1. The second-order valence-electron chi connectivity index (χ2n) is 9.10. The van der Waals surface area contributed by atoms with E-state index in [-0.39, 0.29) is 28.9 Å². The van der Waals surface area contributed by atoms with Crippen molar-refractivity contribution in [3.63, 3.8) is 0 Å². The van der Waals surface area contributed by atoms with Crippen molar-refractivity contribution in [1.82, 2.24) is 25.2 Å². The smallest absolute Gasteiger partial charge is 0.269 e. The summed E-state index contributed by atoms with van der Waals surface area (Å²) in [5.41, 5.74) is 0.872. The minimum Gasteiger partial charge on any atom is -0.354 e. The second kappa shape index (κ2) is 9.50. The lowest BCUT2D eigenvalue weighted by Crippen LogP contribution is -2.48. The van der Waals surface area contributed by atoms with Crippen LogP contribution in [-0.4, -0.2) is 65.0 Å². The van der Waals surface area contributed by atoms with Crippen molar-refractivity contribution in [2.24, 2.45) is 0 Å². The number of aromatic nitrogens is 3. The monoisotopic (exact) mass is 464 g/mol. The van der Waals surface area contributed by atoms with Crippen LogP contribution in [0.5, 0.6) is 0 Å². The van der Waals surface area contributed by atoms with E-state index in [2.05, 4.69) is 20.2 Å². The number of anilines is 1. The van der Waals surface area contributed by atoms with Crippen molar-refractivity contribution in [2.45, 2.75) is 37.6 Å². The summed E-state index contributed by atoms with van der Waals surface area (Å²) in [4.78, 5) is 40.9. The molecule has 5 rings (SSSR count). The Balaban J connectivity index is 1.26. The molecule has 0 bridgehead atoms. The molecule has 2 saturated heterocycles. The Kier molecular flexibility index (Phi) is 6.28. The van der Waals surface area contributed by atoms with E-state index >= 15 is 0 Å². The highest BCUT2D eigenvalue weighted by molar-refractivity contribution is 5.92. The Morgan fingerprint density at radius 1 is 1.09 bits per heavy atom. The molecule has 1 amide bonds. The summed E-state index contributed by atoms with van der Waals surface area (Å²) in [6.45, 7) is 3.22. The number of nitrogens with one attached hydrogen (secondary N) is 2. The predicted molar refractivity (Wildman–Crippen MR) is 129 cm³/mol. The molecule has 0 radical (unpaired) electrons. The van der Waals surface area contributed by atoms with E-state index in [9.17, 15) is 14.0 Å². The number of benzene rings is 1. The summed E-state index contributed by atoms with van der Waals surface area (Å²) < 4.78 is 14.5. The lowest BCUT2D eigenvalue weighted by atomic mass is 9.93. The number of halogens is 1. The molecule has 9 heteroatoms. The molecule has 2 N–H and O–H groups in total. The molecular weight excluding hydrogens is 435 g/mol. The first-order valence-electron chi connectivity index (χ1n) is 11.9. The van der Waals surface area contributed by atoms with Crippen LogP contribution in [0.25, 0.3) is 10.9 Å². The van der Waals surface area contributed by atoms with Crippen molar-refractivity contribution in [3.8, 4) is 0 Å². The number of H-pyrrole nitrogens is 1. The van der Waals surface area contributed by atoms with Gasteiger partial charge in [-0.2, -0.15) is 0 Å². The summed E-state index contributed by atoms with van der Waals surface area (Å²) in [7, 11) is 1.54. The maximum atomic E-state index is 14.5. The largest absolute Gasteiger partial charge is 0.354 e. The zero-order valence-corrected chi connectivity index (χ0v) is 19.3. The van der Waals surface area contributed by atoms with Gasteiger partial charge in [0.2, 0.25) is 0 Å². The standard InChI is InChI=1S/C25H29FN6O2/c1-27-25(34)21-9-8-19(26)23(29-21)31-13-10-17(11-14-31)32-12-4-5-16(15-32)22-28-20-7-3-2-6-18(20)24(33)30-22/h2-3,6-9,16-17H,4-5,10-15H2,1H3,(H,27,34)(H,28,30,33). The van der Waals surface area contributed by atoms with Gasteiger partial charge in [0, 0.05) is 38.6 Å². The van der Waals surface area contributed by atoms with Gasteiger partial charge in [-0.3, -0.25) is 14.5 Å². The number of aromatic amines is 1. The second-order valence-corrected chi connectivity index (χ2v) is 9.10. The number of pyridine rings is 1. The lowest BCUT2D eigenvalue weighted by molar-refractivity contribution is 0.0958. The highest BCUT2D eigenvalue weighted by Crippen LogP contribution is 2.30. The Morgan fingerprint density at radius 3 is 2.68 bits per heavy atom. The van der Waals surface area contributed by atoms with E-state index in [0.717, 1.165) is 50.1 Å². The van der Waals surface area contributed by atoms with Crippen LogP contribution in [0.15, 0.2) is 41.2 Å². The highest BCUT2D eigenvalue weighted by Gasteiger charge is 2.31. The number of hydrogen-bond donors (Lipinski definition) is 2. The van der Waals surface area contributed by atoms with Crippen LogP contribution in [0.4, 0.5) is 10.2 Å². The molecular formula is C25H29FN6O2. The molecule has 8 nitrogen and oxygen atoms in total.